The maximum absolute atomic E-state index is 13.6. The Morgan fingerprint density at radius 2 is 1.66 bits per heavy atom. The lowest BCUT2D eigenvalue weighted by molar-refractivity contribution is -0.233. The van der Waals surface area contributed by atoms with Crippen LogP contribution in [0.2, 0.25) is 0 Å². The molecule has 2 amide bonds. The highest BCUT2D eigenvalue weighted by Gasteiger charge is 2.68. The van der Waals surface area contributed by atoms with Crippen LogP contribution in [-0.2, 0) is 19.1 Å². The topological polar surface area (TPSA) is 114 Å². The van der Waals surface area contributed by atoms with Gasteiger partial charge < -0.3 is 25.2 Å². The average Bonchev–Trinajstić information content (AvgIpc) is 2.74. The van der Waals surface area contributed by atoms with E-state index in [0.29, 0.717) is 32.1 Å². The molecule has 188 valence electrons. The Morgan fingerprint density at radius 1 is 1.00 bits per heavy atom. The van der Waals surface area contributed by atoms with Crippen molar-refractivity contribution in [2.45, 2.75) is 70.9 Å². The van der Waals surface area contributed by atoms with Crippen molar-refractivity contribution >= 4 is 18.0 Å². The Labute approximate surface area is 205 Å². The summed E-state index contributed by atoms with van der Waals surface area (Å²) in [6, 6.07) is 7.92. The molecule has 3 atom stereocenters. The molecule has 1 aromatic carbocycles. The summed E-state index contributed by atoms with van der Waals surface area (Å²) in [5.74, 6) is -0.948. The number of carbonyl (C=O) groups is 3. The first-order valence-electron chi connectivity index (χ1n) is 12.4. The lowest BCUT2D eigenvalue weighted by Gasteiger charge is -2.66. The summed E-state index contributed by atoms with van der Waals surface area (Å²) in [5.41, 5.74) is -0.661. The van der Waals surface area contributed by atoms with Gasteiger partial charge in [-0.25, -0.2) is 9.59 Å². The van der Waals surface area contributed by atoms with Crippen molar-refractivity contribution in [1.82, 2.24) is 10.6 Å². The van der Waals surface area contributed by atoms with E-state index in [1.165, 1.54) is 0 Å². The molecule has 3 N–H and O–H groups in total. The molecule has 8 nitrogen and oxygen atoms in total. The van der Waals surface area contributed by atoms with Gasteiger partial charge in [-0.2, -0.15) is 0 Å². The SMILES string of the molecule is CCOC(=O)C1=C(COC(=O)C23CC4(C)CC(C)(CC(O)(C4)C2)C3)NC(=O)NC1c1ccccc1. The van der Waals surface area contributed by atoms with Crippen molar-refractivity contribution in [2.24, 2.45) is 16.2 Å². The highest BCUT2D eigenvalue weighted by molar-refractivity contribution is 5.95. The van der Waals surface area contributed by atoms with Gasteiger partial charge in [-0.05, 0) is 61.8 Å². The van der Waals surface area contributed by atoms with Crippen LogP contribution in [0.25, 0.3) is 0 Å². The normalized spacial score (nSPS) is 37.5. The molecule has 1 heterocycles. The van der Waals surface area contributed by atoms with Gasteiger partial charge in [0.2, 0.25) is 0 Å². The van der Waals surface area contributed by atoms with Crippen LogP contribution >= 0.6 is 0 Å². The third-order valence-electron chi connectivity index (χ3n) is 8.13. The highest BCUT2D eigenvalue weighted by atomic mass is 16.5. The fourth-order valence-corrected chi connectivity index (χ4v) is 8.22. The van der Waals surface area contributed by atoms with Crippen LogP contribution in [0.15, 0.2) is 41.6 Å². The van der Waals surface area contributed by atoms with Crippen LogP contribution in [0.3, 0.4) is 0 Å². The molecule has 5 aliphatic rings. The minimum Gasteiger partial charge on any atom is -0.463 e. The smallest absolute Gasteiger partial charge is 0.338 e. The molecule has 4 bridgehead atoms. The first kappa shape index (κ1) is 23.9. The molecule has 8 heteroatoms. The van der Waals surface area contributed by atoms with Gasteiger partial charge in [0.15, 0.2) is 0 Å². The number of benzene rings is 1. The van der Waals surface area contributed by atoms with E-state index in [1.807, 2.05) is 30.3 Å². The number of urea groups is 1. The molecule has 4 saturated carbocycles. The van der Waals surface area contributed by atoms with Gasteiger partial charge >= 0.3 is 18.0 Å². The molecule has 0 aromatic heterocycles. The number of ether oxygens (including phenoxy) is 2. The van der Waals surface area contributed by atoms with Gasteiger partial charge in [0.1, 0.15) is 6.61 Å². The molecule has 6 rings (SSSR count). The Bertz CT molecular complexity index is 1040. The van der Waals surface area contributed by atoms with Crippen molar-refractivity contribution < 1.29 is 29.0 Å². The van der Waals surface area contributed by atoms with Crippen molar-refractivity contribution in [2.75, 3.05) is 13.2 Å². The van der Waals surface area contributed by atoms with E-state index in [-0.39, 0.29) is 41.3 Å². The van der Waals surface area contributed by atoms with Crippen LogP contribution < -0.4 is 10.6 Å². The number of carbonyl (C=O) groups excluding carboxylic acids is 3. The summed E-state index contributed by atoms with van der Waals surface area (Å²) in [5, 5.41) is 16.7. The summed E-state index contributed by atoms with van der Waals surface area (Å²) in [6.07, 6.45) is 4.18. The lowest BCUT2D eigenvalue weighted by Crippen LogP contribution is -2.64. The van der Waals surface area contributed by atoms with E-state index in [4.69, 9.17) is 9.47 Å². The molecule has 0 spiro atoms. The second-order valence-electron chi connectivity index (χ2n) is 11.8. The molecule has 4 aliphatic carbocycles. The van der Waals surface area contributed by atoms with Gasteiger partial charge in [-0.3, -0.25) is 4.79 Å². The Kier molecular flexibility index (Phi) is 5.51. The standard InChI is InChI=1S/C27H34N2O6/c1-4-34-21(30)19-18(28-23(32)29-20(19)17-8-6-5-7-9-17)10-35-22(31)26-12-24(2)11-25(3,13-26)15-27(33,14-24)16-26/h5-9,20,33H,4,10-16H2,1-3H3,(H2,28,29,32). The third-order valence-corrected chi connectivity index (χ3v) is 8.13. The second-order valence-corrected chi connectivity index (χ2v) is 11.8. The first-order chi connectivity index (χ1) is 16.5. The van der Waals surface area contributed by atoms with E-state index < -0.39 is 29.1 Å². The summed E-state index contributed by atoms with van der Waals surface area (Å²) < 4.78 is 11.1. The van der Waals surface area contributed by atoms with Crippen LogP contribution in [0.1, 0.15) is 70.9 Å². The van der Waals surface area contributed by atoms with Crippen LogP contribution in [0, 0.1) is 16.2 Å². The largest absolute Gasteiger partial charge is 0.463 e. The Balaban J connectivity index is 1.43. The maximum Gasteiger partial charge on any atom is 0.338 e. The zero-order valence-electron chi connectivity index (χ0n) is 20.6. The fourth-order valence-electron chi connectivity index (χ4n) is 8.22. The number of rotatable bonds is 6. The van der Waals surface area contributed by atoms with Crippen molar-refractivity contribution in [1.29, 1.82) is 0 Å². The predicted octanol–water partition coefficient (Wildman–Crippen LogP) is 3.51. The van der Waals surface area contributed by atoms with Crippen LogP contribution in [0.4, 0.5) is 4.79 Å². The number of hydrogen-bond acceptors (Lipinski definition) is 6. The van der Waals surface area contributed by atoms with E-state index in [2.05, 4.69) is 24.5 Å². The second kappa shape index (κ2) is 8.08. The molecule has 0 saturated heterocycles. The predicted molar refractivity (Wildman–Crippen MR) is 127 cm³/mol. The average molecular weight is 483 g/mol. The summed E-state index contributed by atoms with van der Waals surface area (Å²) in [4.78, 5) is 39.0. The van der Waals surface area contributed by atoms with Gasteiger partial charge in [0.25, 0.3) is 0 Å². The number of amides is 2. The Morgan fingerprint density at radius 3 is 2.26 bits per heavy atom. The number of aliphatic hydroxyl groups is 1. The van der Waals surface area contributed by atoms with E-state index in [0.717, 1.165) is 12.0 Å². The summed E-state index contributed by atoms with van der Waals surface area (Å²) in [7, 11) is 0. The van der Waals surface area contributed by atoms with E-state index in [9.17, 15) is 19.5 Å². The molecule has 0 radical (unpaired) electrons. The minimum absolute atomic E-state index is 0.103. The van der Waals surface area contributed by atoms with Gasteiger partial charge in [0, 0.05) is 0 Å². The summed E-state index contributed by atoms with van der Waals surface area (Å²) in [6.45, 7) is 5.95. The molecule has 1 aliphatic heterocycles. The van der Waals surface area contributed by atoms with Gasteiger partial charge in [0.05, 0.1) is 34.9 Å². The highest BCUT2D eigenvalue weighted by Crippen LogP contribution is 2.71. The molecule has 3 unspecified atom stereocenters. The first-order valence-corrected chi connectivity index (χ1v) is 12.4. The fraction of sp³-hybridized carbons (Fsp3) is 0.593. The van der Waals surface area contributed by atoms with Crippen molar-refractivity contribution in [3.05, 3.63) is 47.2 Å². The van der Waals surface area contributed by atoms with Gasteiger partial charge in [-0.15, -0.1) is 0 Å². The van der Waals surface area contributed by atoms with E-state index in [1.54, 1.807) is 6.92 Å². The Hall–Kier alpha value is -2.87. The lowest BCUT2D eigenvalue weighted by atomic mass is 9.39. The zero-order valence-corrected chi connectivity index (χ0v) is 20.6. The number of nitrogens with one attached hydrogen (secondary N) is 2. The third kappa shape index (κ3) is 4.22. The van der Waals surface area contributed by atoms with E-state index >= 15 is 0 Å². The van der Waals surface area contributed by atoms with Crippen LogP contribution in [0.5, 0.6) is 0 Å². The molecule has 4 fully saturated rings. The quantitative estimate of drug-likeness (QED) is 0.535. The van der Waals surface area contributed by atoms with Crippen molar-refractivity contribution in [3.8, 4) is 0 Å². The summed E-state index contributed by atoms with van der Waals surface area (Å²) >= 11 is 0. The van der Waals surface area contributed by atoms with Crippen molar-refractivity contribution in [3.63, 3.8) is 0 Å². The molecular weight excluding hydrogens is 448 g/mol. The zero-order chi connectivity index (χ0) is 25.1. The number of esters is 2. The minimum atomic E-state index is -0.853. The van der Waals surface area contributed by atoms with Crippen LogP contribution in [-0.4, -0.2) is 41.9 Å². The molecular formula is C27H34N2O6. The molecule has 35 heavy (non-hydrogen) atoms. The van der Waals surface area contributed by atoms with Gasteiger partial charge in [-0.1, -0.05) is 44.2 Å². The number of hydrogen-bond donors (Lipinski definition) is 3. The molecule has 1 aromatic rings. The maximum atomic E-state index is 13.6. The monoisotopic (exact) mass is 482 g/mol.